The van der Waals surface area contributed by atoms with Crippen LogP contribution in [0.2, 0.25) is 0 Å². The van der Waals surface area contributed by atoms with Gasteiger partial charge in [-0.3, -0.25) is 0 Å². The van der Waals surface area contributed by atoms with E-state index >= 15 is 0 Å². The van der Waals surface area contributed by atoms with Crippen LogP contribution in [-0.4, -0.2) is 12.2 Å². The van der Waals surface area contributed by atoms with E-state index in [1.54, 1.807) is 7.11 Å². The number of methoxy groups -OCH3 is 1. The lowest BCUT2D eigenvalue weighted by molar-refractivity contribution is 0.415. The van der Waals surface area contributed by atoms with Gasteiger partial charge in [0.2, 0.25) is 0 Å². The molecule has 0 saturated carbocycles. The second-order valence-corrected chi connectivity index (χ2v) is 8.15. The summed E-state index contributed by atoms with van der Waals surface area (Å²) in [6.07, 6.45) is 0. The smallest absolute Gasteiger partial charge is 0.123 e. The summed E-state index contributed by atoms with van der Waals surface area (Å²) >= 11 is 0. The van der Waals surface area contributed by atoms with Crippen molar-refractivity contribution in [2.75, 3.05) is 7.11 Å². The monoisotopic (exact) mass is 312 g/mol. The van der Waals surface area contributed by atoms with Gasteiger partial charge in [0.1, 0.15) is 11.5 Å². The standard InChI is InChI=1S/C21H28O2/c1-20(2,3)15-12-17(21(4,5)6)19(18(22)13-15)14-8-10-16(23-7)11-9-14/h8-13,22H,1-7H3. The van der Waals surface area contributed by atoms with E-state index in [9.17, 15) is 5.11 Å². The molecule has 23 heavy (non-hydrogen) atoms. The highest BCUT2D eigenvalue weighted by Gasteiger charge is 2.25. The van der Waals surface area contributed by atoms with Crippen molar-refractivity contribution in [1.29, 1.82) is 0 Å². The third kappa shape index (κ3) is 3.69. The molecule has 0 aromatic heterocycles. The maximum Gasteiger partial charge on any atom is 0.123 e. The zero-order valence-electron chi connectivity index (χ0n) is 15.3. The minimum atomic E-state index is -0.0615. The van der Waals surface area contributed by atoms with Crippen LogP contribution in [0.25, 0.3) is 11.1 Å². The molecule has 124 valence electrons. The first-order valence-electron chi connectivity index (χ1n) is 8.06. The van der Waals surface area contributed by atoms with E-state index < -0.39 is 0 Å². The fourth-order valence-electron chi connectivity index (χ4n) is 2.71. The third-order valence-corrected chi connectivity index (χ3v) is 4.17. The Bertz CT molecular complexity index is 684. The fourth-order valence-corrected chi connectivity index (χ4v) is 2.71. The summed E-state index contributed by atoms with van der Waals surface area (Å²) in [6, 6.07) is 12.0. The number of rotatable bonds is 2. The number of hydrogen-bond acceptors (Lipinski definition) is 2. The summed E-state index contributed by atoms with van der Waals surface area (Å²) < 4.78 is 5.23. The molecular weight excluding hydrogens is 284 g/mol. The Morgan fingerprint density at radius 1 is 0.826 bits per heavy atom. The van der Waals surface area contributed by atoms with Crippen molar-refractivity contribution in [2.45, 2.75) is 52.4 Å². The molecule has 0 aliphatic rings. The zero-order chi connectivity index (χ0) is 17.4. The van der Waals surface area contributed by atoms with Gasteiger partial charge in [-0.25, -0.2) is 0 Å². The summed E-state index contributed by atoms with van der Waals surface area (Å²) in [4.78, 5) is 0. The lowest BCUT2D eigenvalue weighted by Gasteiger charge is -2.28. The molecule has 0 aliphatic carbocycles. The summed E-state index contributed by atoms with van der Waals surface area (Å²) in [5.41, 5.74) is 4.16. The third-order valence-electron chi connectivity index (χ3n) is 4.17. The predicted molar refractivity (Wildman–Crippen MR) is 97.5 cm³/mol. The van der Waals surface area contributed by atoms with Crippen molar-refractivity contribution in [1.82, 2.24) is 0 Å². The second-order valence-electron chi connectivity index (χ2n) is 8.15. The van der Waals surface area contributed by atoms with E-state index in [1.165, 1.54) is 0 Å². The van der Waals surface area contributed by atoms with Gasteiger partial charge in [0.05, 0.1) is 7.11 Å². The van der Waals surface area contributed by atoms with E-state index in [4.69, 9.17) is 4.74 Å². The molecule has 0 unspecified atom stereocenters. The van der Waals surface area contributed by atoms with Crippen LogP contribution >= 0.6 is 0 Å². The molecule has 2 aromatic carbocycles. The first-order chi connectivity index (χ1) is 10.5. The highest BCUT2D eigenvalue weighted by atomic mass is 16.5. The van der Waals surface area contributed by atoms with Gasteiger partial charge >= 0.3 is 0 Å². The number of benzene rings is 2. The molecule has 1 N–H and O–H groups in total. The molecule has 0 amide bonds. The van der Waals surface area contributed by atoms with Gasteiger partial charge in [0, 0.05) is 5.56 Å². The number of ether oxygens (including phenoxy) is 1. The maximum atomic E-state index is 10.7. The van der Waals surface area contributed by atoms with E-state index in [1.807, 2.05) is 30.3 Å². The van der Waals surface area contributed by atoms with Crippen molar-refractivity contribution in [3.8, 4) is 22.6 Å². The van der Waals surface area contributed by atoms with Crippen LogP contribution in [0.5, 0.6) is 11.5 Å². The fraction of sp³-hybridized carbons (Fsp3) is 0.429. The Labute approximate surface area is 140 Å². The van der Waals surface area contributed by atoms with Crippen molar-refractivity contribution >= 4 is 0 Å². The largest absolute Gasteiger partial charge is 0.507 e. The van der Waals surface area contributed by atoms with E-state index in [-0.39, 0.29) is 10.8 Å². The van der Waals surface area contributed by atoms with Gasteiger partial charge in [0.15, 0.2) is 0 Å². The number of phenols is 1. The molecule has 0 spiro atoms. The minimum Gasteiger partial charge on any atom is -0.507 e. The Morgan fingerprint density at radius 2 is 1.39 bits per heavy atom. The quantitative estimate of drug-likeness (QED) is 0.775. The molecule has 0 heterocycles. The molecule has 2 rings (SSSR count). The molecule has 0 saturated heterocycles. The van der Waals surface area contributed by atoms with Crippen molar-refractivity contribution < 1.29 is 9.84 Å². The SMILES string of the molecule is COc1ccc(-c2c(O)cc(C(C)(C)C)cc2C(C)(C)C)cc1. The normalized spacial score (nSPS) is 12.3. The molecule has 0 radical (unpaired) electrons. The summed E-state index contributed by atoms with van der Waals surface area (Å²) in [5.74, 6) is 1.16. The average molecular weight is 312 g/mol. The predicted octanol–water partition coefficient (Wildman–Crippen LogP) is 5.66. The molecule has 0 bridgehead atoms. The van der Waals surface area contributed by atoms with E-state index in [2.05, 4.69) is 47.6 Å². The highest BCUT2D eigenvalue weighted by Crippen LogP contribution is 2.42. The lowest BCUT2D eigenvalue weighted by Crippen LogP contribution is -2.17. The Balaban J connectivity index is 2.71. The number of hydrogen-bond donors (Lipinski definition) is 1. The molecule has 2 aromatic rings. The highest BCUT2D eigenvalue weighted by molar-refractivity contribution is 5.76. The first-order valence-corrected chi connectivity index (χ1v) is 8.06. The van der Waals surface area contributed by atoms with E-state index in [0.717, 1.165) is 28.0 Å². The van der Waals surface area contributed by atoms with Crippen LogP contribution in [-0.2, 0) is 10.8 Å². The Hall–Kier alpha value is -1.96. The van der Waals surface area contributed by atoms with Gasteiger partial charge in [-0.1, -0.05) is 59.7 Å². The second kappa shape index (κ2) is 5.92. The molecule has 2 nitrogen and oxygen atoms in total. The van der Waals surface area contributed by atoms with Crippen LogP contribution in [0.15, 0.2) is 36.4 Å². The molecule has 0 fully saturated rings. The van der Waals surface area contributed by atoms with Gasteiger partial charge in [0.25, 0.3) is 0 Å². The first kappa shape index (κ1) is 17.4. The summed E-state index contributed by atoms with van der Waals surface area (Å²) in [7, 11) is 1.66. The number of phenolic OH excluding ortho intramolecular Hbond substituents is 1. The minimum absolute atomic E-state index is 0.00405. The topological polar surface area (TPSA) is 29.5 Å². The zero-order valence-corrected chi connectivity index (χ0v) is 15.3. The van der Waals surface area contributed by atoms with Gasteiger partial charge in [-0.15, -0.1) is 0 Å². The van der Waals surface area contributed by atoms with Gasteiger partial charge < -0.3 is 9.84 Å². The molecule has 0 atom stereocenters. The van der Waals surface area contributed by atoms with Crippen molar-refractivity contribution in [3.05, 3.63) is 47.5 Å². The van der Waals surface area contributed by atoms with Crippen LogP contribution in [0.1, 0.15) is 52.7 Å². The summed E-state index contributed by atoms with van der Waals surface area (Å²) in [6.45, 7) is 13.0. The number of aromatic hydroxyl groups is 1. The van der Waals surface area contributed by atoms with E-state index in [0.29, 0.717) is 5.75 Å². The Kier molecular flexibility index (Phi) is 4.48. The van der Waals surface area contributed by atoms with Gasteiger partial charge in [-0.05, 0) is 45.7 Å². The van der Waals surface area contributed by atoms with Crippen LogP contribution < -0.4 is 4.74 Å². The van der Waals surface area contributed by atoms with Crippen LogP contribution in [0, 0.1) is 0 Å². The van der Waals surface area contributed by atoms with Gasteiger partial charge in [-0.2, -0.15) is 0 Å². The maximum absolute atomic E-state index is 10.7. The molecule has 0 aliphatic heterocycles. The van der Waals surface area contributed by atoms with Crippen molar-refractivity contribution in [2.24, 2.45) is 0 Å². The van der Waals surface area contributed by atoms with Crippen molar-refractivity contribution in [3.63, 3.8) is 0 Å². The van der Waals surface area contributed by atoms with Crippen LogP contribution in [0.4, 0.5) is 0 Å². The summed E-state index contributed by atoms with van der Waals surface area (Å²) in [5, 5.41) is 10.7. The molecular formula is C21H28O2. The Morgan fingerprint density at radius 3 is 1.83 bits per heavy atom. The van der Waals surface area contributed by atoms with Crippen LogP contribution in [0.3, 0.4) is 0 Å². The lowest BCUT2D eigenvalue weighted by atomic mass is 9.77. The molecule has 2 heteroatoms. The average Bonchev–Trinajstić information content (AvgIpc) is 2.44.